The monoisotopic (exact) mass is 295 g/mol. The predicted octanol–water partition coefficient (Wildman–Crippen LogP) is 1.32. The van der Waals surface area contributed by atoms with E-state index in [4.69, 9.17) is 9.47 Å². The Kier molecular flexibility index (Phi) is 7.08. The van der Waals surface area contributed by atoms with Crippen molar-refractivity contribution in [1.29, 1.82) is 0 Å². The third kappa shape index (κ3) is 5.72. The Morgan fingerprint density at radius 2 is 1.81 bits per heavy atom. The second-order valence-electron chi connectivity index (χ2n) is 4.40. The van der Waals surface area contributed by atoms with E-state index < -0.39 is 0 Å². The van der Waals surface area contributed by atoms with Crippen molar-refractivity contribution in [2.45, 2.75) is 19.3 Å². The third-order valence-electron chi connectivity index (χ3n) is 2.92. The van der Waals surface area contributed by atoms with Crippen molar-refractivity contribution >= 4 is 11.9 Å². The number of methoxy groups -OCH3 is 3. The number of hydrogen-bond donors (Lipinski definition) is 1. The first-order valence-electron chi connectivity index (χ1n) is 6.65. The molecule has 21 heavy (non-hydrogen) atoms. The molecule has 1 aromatic rings. The molecule has 0 aliphatic rings. The van der Waals surface area contributed by atoms with Crippen LogP contribution >= 0.6 is 0 Å². The van der Waals surface area contributed by atoms with Crippen molar-refractivity contribution in [3.63, 3.8) is 0 Å². The Balaban J connectivity index is 2.42. The number of carbonyl (C=O) groups is 2. The summed E-state index contributed by atoms with van der Waals surface area (Å²) in [4.78, 5) is 22.7. The number of ether oxygens (including phenoxy) is 3. The third-order valence-corrected chi connectivity index (χ3v) is 2.92. The van der Waals surface area contributed by atoms with Gasteiger partial charge in [0.15, 0.2) is 11.5 Å². The zero-order valence-corrected chi connectivity index (χ0v) is 12.6. The summed E-state index contributed by atoms with van der Waals surface area (Å²) in [5.41, 5.74) is 0.832. The zero-order valence-electron chi connectivity index (χ0n) is 12.6. The van der Waals surface area contributed by atoms with E-state index in [1.54, 1.807) is 26.4 Å². The lowest BCUT2D eigenvalue weighted by Gasteiger charge is -2.09. The van der Waals surface area contributed by atoms with Crippen molar-refractivity contribution in [2.24, 2.45) is 0 Å². The Morgan fingerprint density at radius 1 is 1.10 bits per heavy atom. The van der Waals surface area contributed by atoms with Crippen LogP contribution in [0.1, 0.15) is 18.4 Å². The number of carbonyl (C=O) groups excluding carboxylic acids is 2. The molecule has 0 aliphatic heterocycles. The first-order chi connectivity index (χ1) is 10.1. The molecule has 6 heteroatoms. The summed E-state index contributed by atoms with van der Waals surface area (Å²) in [6.45, 7) is 0.446. The molecule has 0 atom stereocenters. The van der Waals surface area contributed by atoms with Crippen molar-refractivity contribution < 1.29 is 23.8 Å². The van der Waals surface area contributed by atoms with Crippen LogP contribution in [0.2, 0.25) is 0 Å². The minimum Gasteiger partial charge on any atom is -0.493 e. The Morgan fingerprint density at radius 3 is 2.43 bits per heavy atom. The maximum atomic E-state index is 11.8. The van der Waals surface area contributed by atoms with Gasteiger partial charge in [-0.25, -0.2) is 0 Å². The van der Waals surface area contributed by atoms with Gasteiger partial charge in [0.1, 0.15) is 0 Å². The summed E-state index contributed by atoms with van der Waals surface area (Å²) in [5, 5.41) is 2.76. The van der Waals surface area contributed by atoms with Gasteiger partial charge < -0.3 is 19.5 Å². The Hall–Kier alpha value is -2.24. The van der Waals surface area contributed by atoms with Crippen LogP contribution in [0.5, 0.6) is 11.5 Å². The van der Waals surface area contributed by atoms with Crippen LogP contribution in [0.3, 0.4) is 0 Å². The number of esters is 1. The van der Waals surface area contributed by atoms with Gasteiger partial charge in [0.05, 0.1) is 27.8 Å². The van der Waals surface area contributed by atoms with Crippen LogP contribution in [0.4, 0.5) is 0 Å². The first kappa shape index (κ1) is 16.8. The van der Waals surface area contributed by atoms with E-state index in [2.05, 4.69) is 10.1 Å². The van der Waals surface area contributed by atoms with Gasteiger partial charge in [-0.05, 0) is 24.1 Å². The molecule has 0 saturated carbocycles. The summed E-state index contributed by atoms with van der Waals surface area (Å²) in [6, 6.07) is 5.35. The average Bonchev–Trinajstić information content (AvgIpc) is 2.51. The Labute approximate surface area is 124 Å². The summed E-state index contributed by atoms with van der Waals surface area (Å²) < 4.78 is 14.8. The highest BCUT2D eigenvalue weighted by atomic mass is 16.5. The summed E-state index contributed by atoms with van der Waals surface area (Å²) in [6.07, 6.45) is 1.11. The van der Waals surface area contributed by atoms with Gasteiger partial charge in [-0.3, -0.25) is 9.59 Å². The van der Waals surface area contributed by atoms with Gasteiger partial charge in [-0.2, -0.15) is 0 Å². The van der Waals surface area contributed by atoms with Crippen molar-refractivity contribution in [1.82, 2.24) is 5.32 Å². The SMILES string of the molecule is COC(=O)CCCNC(=O)Cc1ccc(OC)c(OC)c1. The van der Waals surface area contributed by atoms with E-state index in [1.165, 1.54) is 7.11 Å². The molecular weight excluding hydrogens is 274 g/mol. The standard InChI is InChI=1S/C15H21NO5/c1-19-12-7-6-11(9-13(12)20-2)10-14(17)16-8-4-5-15(18)21-3/h6-7,9H,4-5,8,10H2,1-3H3,(H,16,17). The van der Waals surface area contributed by atoms with Gasteiger partial charge in [0.2, 0.25) is 5.91 Å². The average molecular weight is 295 g/mol. The van der Waals surface area contributed by atoms with Crippen LogP contribution < -0.4 is 14.8 Å². The van der Waals surface area contributed by atoms with E-state index in [-0.39, 0.29) is 18.3 Å². The molecular formula is C15H21NO5. The van der Waals surface area contributed by atoms with Gasteiger partial charge in [-0.1, -0.05) is 6.07 Å². The number of nitrogens with one attached hydrogen (secondary N) is 1. The van der Waals surface area contributed by atoms with E-state index >= 15 is 0 Å². The predicted molar refractivity (Wildman–Crippen MR) is 77.5 cm³/mol. The molecule has 0 saturated heterocycles. The fourth-order valence-electron chi connectivity index (χ4n) is 1.80. The molecule has 0 unspecified atom stereocenters. The number of rotatable bonds is 8. The molecule has 6 nitrogen and oxygen atoms in total. The minimum absolute atomic E-state index is 0.105. The van der Waals surface area contributed by atoms with Gasteiger partial charge in [-0.15, -0.1) is 0 Å². The Bertz CT molecular complexity index is 487. The van der Waals surface area contributed by atoms with E-state index in [0.29, 0.717) is 30.9 Å². The lowest BCUT2D eigenvalue weighted by molar-refractivity contribution is -0.140. The smallest absolute Gasteiger partial charge is 0.305 e. The molecule has 0 bridgehead atoms. The molecule has 1 rings (SSSR count). The van der Waals surface area contributed by atoms with E-state index in [1.807, 2.05) is 6.07 Å². The second-order valence-corrected chi connectivity index (χ2v) is 4.40. The molecule has 0 heterocycles. The quantitative estimate of drug-likeness (QED) is 0.578. The van der Waals surface area contributed by atoms with Crippen molar-refractivity contribution in [3.05, 3.63) is 23.8 Å². The minimum atomic E-state index is -0.274. The molecule has 1 amide bonds. The van der Waals surface area contributed by atoms with Crippen LogP contribution in [0.25, 0.3) is 0 Å². The number of amides is 1. The fourth-order valence-corrected chi connectivity index (χ4v) is 1.80. The number of hydrogen-bond acceptors (Lipinski definition) is 5. The summed E-state index contributed by atoms with van der Waals surface area (Å²) >= 11 is 0. The molecule has 0 radical (unpaired) electrons. The van der Waals surface area contributed by atoms with Crippen molar-refractivity contribution in [2.75, 3.05) is 27.9 Å². The molecule has 1 N–H and O–H groups in total. The maximum Gasteiger partial charge on any atom is 0.305 e. The molecule has 0 aromatic heterocycles. The summed E-state index contributed by atoms with van der Waals surface area (Å²) in [7, 11) is 4.46. The summed E-state index contributed by atoms with van der Waals surface area (Å²) in [5.74, 6) is 0.837. The fraction of sp³-hybridized carbons (Fsp3) is 0.467. The second kappa shape index (κ2) is 8.84. The normalized spacial score (nSPS) is 9.86. The highest BCUT2D eigenvalue weighted by Crippen LogP contribution is 2.27. The van der Waals surface area contributed by atoms with Crippen LogP contribution in [0.15, 0.2) is 18.2 Å². The van der Waals surface area contributed by atoms with Gasteiger partial charge in [0.25, 0.3) is 0 Å². The van der Waals surface area contributed by atoms with Gasteiger partial charge >= 0.3 is 5.97 Å². The van der Waals surface area contributed by atoms with E-state index in [0.717, 1.165) is 5.56 Å². The lowest BCUT2D eigenvalue weighted by Crippen LogP contribution is -2.26. The van der Waals surface area contributed by atoms with E-state index in [9.17, 15) is 9.59 Å². The highest BCUT2D eigenvalue weighted by Gasteiger charge is 2.08. The molecule has 0 aliphatic carbocycles. The highest BCUT2D eigenvalue weighted by molar-refractivity contribution is 5.78. The lowest BCUT2D eigenvalue weighted by atomic mass is 10.1. The van der Waals surface area contributed by atoms with Crippen molar-refractivity contribution in [3.8, 4) is 11.5 Å². The zero-order chi connectivity index (χ0) is 15.7. The van der Waals surface area contributed by atoms with Crippen LogP contribution in [-0.4, -0.2) is 39.8 Å². The van der Waals surface area contributed by atoms with Crippen LogP contribution in [-0.2, 0) is 20.7 Å². The molecule has 0 spiro atoms. The van der Waals surface area contributed by atoms with Crippen LogP contribution in [0, 0.1) is 0 Å². The molecule has 116 valence electrons. The topological polar surface area (TPSA) is 73.9 Å². The molecule has 1 aromatic carbocycles. The van der Waals surface area contributed by atoms with Gasteiger partial charge in [0, 0.05) is 13.0 Å². The largest absolute Gasteiger partial charge is 0.493 e. The number of benzene rings is 1. The maximum absolute atomic E-state index is 11.8. The molecule has 0 fully saturated rings. The first-order valence-corrected chi connectivity index (χ1v) is 6.65.